The standard InChI is InChI=1S/C16H18N4O/c1-3-6-12(17)16-19-15(20-21-16)14-9-10(2)11-7-4-5-8-13(11)18-14/h4-5,7-9,12H,3,6,17H2,1-2H3. The number of fused-ring (bicyclic) bond motifs is 1. The summed E-state index contributed by atoms with van der Waals surface area (Å²) in [4.78, 5) is 8.98. The molecule has 2 N–H and O–H groups in total. The Bertz CT molecular complexity index is 766. The van der Waals surface area contributed by atoms with Crippen molar-refractivity contribution in [1.82, 2.24) is 15.1 Å². The summed E-state index contributed by atoms with van der Waals surface area (Å²) in [6, 6.07) is 9.78. The van der Waals surface area contributed by atoms with Gasteiger partial charge < -0.3 is 10.3 Å². The molecule has 108 valence electrons. The second-order valence-electron chi connectivity index (χ2n) is 5.19. The minimum absolute atomic E-state index is 0.210. The number of hydrogen-bond acceptors (Lipinski definition) is 5. The molecule has 0 spiro atoms. The predicted octanol–water partition coefficient (Wildman–Crippen LogP) is 3.39. The molecule has 0 saturated carbocycles. The Labute approximate surface area is 123 Å². The van der Waals surface area contributed by atoms with E-state index in [-0.39, 0.29) is 6.04 Å². The summed E-state index contributed by atoms with van der Waals surface area (Å²) in [6.07, 6.45) is 1.80. The van der Waals surface area contributed by atoms with Gasteiger partial charge in [0.15, 0.2) is 0 Å². The first-order valence-electron chi connectivity index (χ1n) is 7.15. The lowest BCUT2D eigenvalue weighted by atomic mass is 10.1. The number of nitrogens with zero attached hydrogens (tertiary/aromatic N) is 3. The maximum absolute atomic E-state index is 6.00. The molecule has 3 rings (SSSR count). The Kier molecular flexibility index (Phi) is 3.66. The lowest BCUT2D eigenvalue weighted by Crippen LogP contribution is -2.09. The van der Waals surface area contributed by atoms with Crippen LogP contribution in [0.25, 0.3) is 22.4 Å². The Morgan fingerprint density at radius 1 is 1.24 bits per heavy atom. The molecule has 21 heavy (non-hydrogen) atoms. The average Bonchev–Trinajstić information content (AvgIpc) is 2.97. The third-order valence-electron chi connectivity index (χ3n) is 3.51. The molecule has 1 aromatic carbocycles. The lowest BCUT2D eigenvalue weighted by molar-refractivity contribution is 0.348. The van der Waals surface area contributed by atoms with E-state index in [9.17, 15) is 0 Å². The number of nitrogens with two attached hydrogens (primary N) is 1. The highest BCUT2D eigenvalue weighted by Crippen LogP contribution is 2.23. The summed E-state index contributed by atoms with van der Waals surface area (Å²) in [5.74, 6) is 0.963. The zero-order chi connectivity index (χ0) is 14.8. The third kappa shape index (κ3) is 2.64. The monoisotopic (exact) mass is 282 g/mol. The molecule has 0 saturated heterocycles. The topological polar surface area (TPSA) is 77.8 Å². The van der Waals surface area contributed by atoms with Crippen molar-refractivity contribution in [2.24, 2.45) is 5.73 Å². The summed E-state index contributed by atoms with van der Waals surface area (Å²) in [5.41, 5.74) is 8.78. The van der Waals surface area contributed by atoms with Gasteiger partial charge in [0.25, 0.3) is 0 Å². The molecule has 0 aliphatic rings. The van der Waals surface area contributed by atoms with Gasteiger partial charge in [-0.3, -0.25) is 0 Å². The van der Waals surface area contributed by atoms with E-state index in [1.807, 2.05) is 24.3 Å². The van der Waals surface area contributed by atoms with Gasteiger partial charge in [-0.15, -0.1) is 0 Å². The van der Waals surface area contributed by atoms with Crippen LogP contribution in [0.3, 0.4) is 0 Å². The van der Waals surface area contributed by atoms with Crippen molar-refractivity contribution in [2.75, 3.05) is 0 Å². The van der Waals surface area contributed by atoms with E-state index in [1.165, 1.54) is 0 Å². The van der Waals surface area contributed by atoms with Gasteiger partial charge in [-0.2, -0.15) is 4.98 Å². The third-order valence-corrected chi connectivity index (χ3v) is 3.51. The van der Waals surface area contributed by atoms with Crippen molar-refractivity contribution < 1.29 is 4.52 Å². The zero-order valence-electron chi connectivity index (χ0n) is 12.2. The van der Waals surface area contributed by atoms with Crippen molar-refractivity contribution in [2.45, 2.75) is 32.7 Å². The van der Waals surface area contributed by atoms with Gasteiger partial charge in [-0.1, -0.05) is 36.7 Å². The molecule has 0 fully saturated rings. The Balaban J connectivity index is 2.01. The Morgan fingerprint density at radius 3 is 2.86 bits per heavy atom. The fourth-order valence-corrected chi connectivity index (χ4v) is 2.39. The van der Waals surface area contributed by atoms with E-state index in [0.717, 1.165) is 29.3 Å². The van der Waals surface area contributed by atoms with Crippen molar-refractivity contribution in [3.63, 3.8) is 0 Å². The molecule has 0 amide bonds. The van der Waals surface area contributed by atoms with Crippen LogP contribution in [0.1, 0.15) is 37.3 Å². The fourth-order valence-electron chi connectivity index (χ4n) is 2.39. The number of rotatable bonds is 4. The van der Waals surface area contributed by atoms with E-state index in [2.05, 4.69) is 35.0 Å². The number of benzene rings is 1. The lowest BCUT2D eigenvalue weighted by Gasteiger charge is -2.03. The van der Waals surface area contributed by atoms with Crippen LogP contribution in [0.2, 0.25) is 0 Å². The smallest absolute Gasteiger partial charge is 0.243 e. The highest BCUT2D eigenvalue weighted by molar-refractivity contribution is 5.84. The van der Waals surface area contributed by atoms with Crippen molar-refractivity contribution >= 4 is 10.9 Å². The average molecular weight is 282 g/mol. The van der Waals surface area contributed by atoms with Gasteiger partial charge >= 0.3 is 0 Å². The highest BCUT2D eigenvalue weighted by atomic mass is 16.5. The molecular weight excluding hydrogens is 264 g/mol. The van der Waals surface area contributed by atoms with Crippen LogP contribution in [0, 0.1) is 6.92 Å². The second-order valence-corrected chi connectivity index (χ2v) is 5.19. The van der Waals surface area contributed by atoms with Gasteiger partial charge in [0, 0.05) is 5.39 Å². The largest absolute Gasteiger partial charge is 0.337 e. The van der Waals surface area contributed by atoms with E-state index in [0.29, 0.717) is 17.4 Å². The van der Waals surface area contributed by atoms with Gasteiger partial charge in [-0.25, -0.2) is 4.98 Å². The molecule has 1 atom stereocenters. The maximum Gasteiger partial charge on any atom is 0.243 e. The fraction of sp³-hybridized carbons (Fsp3) is 0.312. The number of aryl methyl sites for hydroxylation is 1. The van der Waals surface area contributed by atoms with Crippen LogP contribution in [-0.4, -0.2) is 15.1 Å². The molecule has 2 heterocycles. The first-order chi connectivity index (χ1) is 10.2. The molecular formula is C16H18N4O. The van der Waals surface area contributed by atoms with Crippen LogP contribution >= 0.6 is 0 Å². The van der Waals surface area contributed by atoms with Crippen LogP contribution in [0.4, 0.5) is 0 Å². The van der Waals surface area contributed by atoms with E-state index in [1.54, 1.807) is 0 Å². The first-order valence-corrected chi connectivity index (χ1v) is 7.15. The summed E-state index contributed by atoms with van der Waals surface area (Å²) in [7, 11) is 0. The summed E-state index contributed by atoms with van der Waals surface area (Å²) in [6.45, 7) is 4.13. The summed E-state index contributed by atoms with van der Waals surface area (Å²) >= 11 is 0. The molecule has 3 aromatic rings. The van der Waals surface area contributed by atoms with Crippen molar-refractivity contribution in [1.29, 1.82) is 0 Å². The van der Waals surface area contributed by atoms with Gasteiger partial charge in [0.1, 0.15) is 5.69 Å². The number of aromatic nitrogens is 3. The molecule has 0 radical (unpaired) electrons. The van der Waals surface area contributed by atoms with Crippen LogP contribution in [0.5, 0.6) is 0 Å². The van der Waals surface area contributed by atoms with E-state index in [4.69, 9.17) is 10.3 Å². The minimum atomic E-state index is -0.210. The number of hydrogen-bond donors (Lipinski definition) is 1. The quantitative estimate of drug-likeness (QED) is 0.793. The highest BCUT2D eigenvalue weighted by Gasteiger charge is 2.16. The van der Waals surface area contributed by atoms with Crippen molar-refractivity contribution in [3.8, 4) is 11.5 Å². The van der Waals surface area contributed by atoms with Gasteiger partial charge in [0.05, 0.1) is 11.6 Å². The predicted molar refractivity (Wildman–Crippen MR) is 81.6 cm³/mol. The van der Waals surface area contributed by atoms with Gasteiger partial charge in [-0.05, 0) is 31.0 Å². The molecule has 5 nitrogen and oxygen atoms in total. The Morgan fingerprint density at radius 2 is 2.05 bits per heavy atom. The second kappa shape index (κ2) is 5.61. The van der Waals surface area contributed by atoms with Crippen molar-refractivity contribution in [3.05, 3.63) is 41.8 Å². The maximum atomic E-state index is 6.00. The number of para-hydroxylation sites is 1. The van der Waals surface area contributed by atoms with E-state index >= 15 is 0 Å². The minimum Gasteiger partial charge on any atom is -0.337 e. The molecule has 5 heteroatoms. The molecule has 1 unspecified atom stereocenters. The molecule has 2 aromatic heterocycles. The first kappa shape index (κ1) is 13.7. The normalized spacial score (nSPS) is 12.7. The zero-order valence-corrected chi connectivity index (χ0v) is 12.2. The van der Waals surface area contributed by atoms with Gasteiger partial charge in [0.2, 0.25) is 11.7 Å². The molecule has 0 bridgehead atoms. The van der Waals surface area contributed by atoms with Crippen LogP contribution in [0.15, 0.2) is 34.9 Å². The van der Waals surface area contributed by atoms with Crippen LogP contribution in [-0.2, 0) is 0 Å². The van der Waals surface area contributed by atoms with E-state index < -0.39 is 0 Å². The Hall–Kier alpha value is -2.27. The summed E-state index contributed by atoms with van der Waals surface area (Å²) in [5, 5.41) is 5.14. The molecule has 0 aliphatic heterocycles. The van der Waals surface area contributed by atoms with Crippen LogP contribution < -0.4 is 5.73 Å². The molecule has 0 aliphatic carbocycles. The SMILES string of the molecule is CCCC(N)c1nc(-c2cc(C)c3ccccc3n2)no1. The summed E-state index contributed by atoms with van der Waals surface area (Å²) < 4.78 is 5.26. The number of pyridine rings is 1.